The molecule has 0 saturated heterocycles. The molecule has 2 heteroatoms. The zero-order chi connectivity index (χ0) is 19.8. The molecule has 3 saturated carbocycles. The van der Waals surface area contributed by atoms with Crippen molar-refractivity contribution in [3.63, 3.8) is 0 Å². The van der Waals surface area contributed by atoms with Crippen LogP contribution in [0.3, 0.4) is 0 Å². The smallest absolute Gasteiger partial charge is 0.163 e. The molecule has 3 fully saturated rings. The van der Waals surface area contributed by atoms with Crippen LogP contribution >= 0.6 is 0 Å². The summed E-state index contributed by atoms with van der Waals surface area (Å²) in [5.41, 5.74) is 4.07. The van der Waals surface area contributed by atoms with Crippen LogP contribution in [0.5, 0.6) is 0 Å². The van der Waals surface area contributed by atoms with E-state index in [0.717, 1.165) is 31.4 Å². The summed E-state index contributed by atoms with van der Waals surface area (Å²) in [4.78, 5) is 13.5. The van der Waals surface area contributed by atoms with Crippen LogP contribution in [0.15, 0.2) is 30.3 Å². The van der Waals surface area contributed by atoms with Crippen molar-refractivity contribution in [2.45, 2.75) is 96.9 Å². The van der Waals surface area contributed by atoms with Crippen molar-refractivity contribution < 1.29 is 4.79 Å². The first kappa shape index (κ1) is 19.7. The lowest BCUT2D eigenvalue weighted by Crippen LogP contribution is -2.47. The quantitative estimate of drug-likeness (QED) is 0.455. The van der Waals surface area contributed by atoms with Crippen molar-refractivity contribution in [1.29, 1.82) is 0 Å². The minimum atomic E-state index is -0.0856. The zero-order valence-corrected chi connectivity index (χ0v) is 18.1. The number of benzene rings is 1. The fourth-order valence-corrected chi connectivity index (χ4v) is 6.05. The van der Waals surface area contributed by atoms with Gasteiger partial charge < -0.3 is 5.32 Å². The molecule has 1 aliphatic heterocycles. The van der Waals surface area contributed by atoms with E-state index in [1.165, 1.54) is 56.1 Å². The molecule has 0 aromatic heterocycles. The number of allylic oxidation sites excluding steroid dienone is 1. The molecular weight excluding hydrogens is 342 g/mol. The molecule has 152 valence electrons. The Morgan fingerprint density at radius 3 is 2.39 bits per heavy atom. The average Bonchev–Trinajstić information content (AvgIpc) is 2.68. The minimum Gasteiger partial charge on any atom is -0.379 e. The van der Waals surface area contributed by atoms with Gasteiger partial charge in [-0.1, -0.05) is 50.5 Å². The molecular formula is C26H37NO. The number of carbonyl (C=O) groups is 1. The summed E-state index contributed by atoms with van der Waals surface area (Å²) in [7, 11) is 0. The van der Waals surface area contributed by atoms with E-state index in [0.29, 0.717) is 11.2 Å². The molecule has 0 unspecified atom stereocenters. The van der Waals surface area contributed by atoms with Gasteiger partial charge in [-0.3, -0.25) is 4.79 Å². The topological polar surface area (TPSA) is 29.1 Å². The maximum Gasteiger partial charge on any atom is 0.163 e. The van der Waals surface area contributed by atoms with Gasteiger partial charge in [0.2, 0.25) is 0 Å². The highest BCUT2D eigenvalue weighted by atomic mass is 16.1. The number of hydrogen-bond acceptors (Lipinski definition) is 2. The fourth-order valence-electron chi connectivity index (χ4n) is 6.05. The number of nitrogens with one attached hydrogen (secondary N) is 1. The van der Waals surface area contributed by atoms with Crippen molar-refractivity contribution in [3.8, 4) is 0 Å². The van der Waals surface area contributed by atoms with Crippen LogP contribution in [0.1, 0.15) is 96.1 Å². The highest BCUT2D eigenvalue weighted by molar-refractivity contribution is 6.01. The second-order valence-corrected chi connectivity index (χ2v) is 10.5. The Morgan fingerprint density at radius 1 is 1.04 bits per heavy atom. The molecule has 0 atom stereocenters. The van der Waals surface area contributed by atoms with E-state index < -0.39 is 0 Å². The van der Waals surface area contributed by atoms with Gasteiger partial charge in [0.15, 0.2) is 5.78 Å². The van der Waals surface area contributed by atoms with Gasteiger partial charge in [0.1, 0.15) is 0 Å². The van der Waals surface area contributed by atoms with Gasteiger partial charge >= 0.3 is 0 Å². The lowest BCUT2D eigenvalue weighted by Gasteiger charge is -2.53. The zero-order valence-electron chi connectivity index (χ0n) is 18.1. The van der Waals surface area contributed by atoms with E-state index in [4.69, 9.17) is 0 Å². The Kier molecular flexibility index (Phi) is 5.18. The van der Waals surface area contributed by atoms with Crippen molar-refractivity contribution in [1.82, 2.24) is 5.32 Å². The molecule has 1 N–H and O–H groups in total. The third-order valence-electron chi connectivity index (χ3n) is 7.92. The first-order chi connectivity index (χ1) is 13.4. The molecule has 2 bridgehead atoms. The predicted molar refractivity (Wildman–Crippen MR) is 117 cm³/mol. The number of ketones is 1. The molecule has 0 radical (unpaired) electrons. The summed E-state index contributed by atoms with van der Waals surface area (Å²) in [5.74, 6) is 0.379. The van der Waals surface area contributed by atoms with Crippen LogP contribution in [0.25, 0.3) is 5.70 Å². The molecule has 1 aromatic carbocycles. The minimum absolute atomic E-state index is 0.00824. The summed E-state index contributed by atoms with van der Waals surface area (Å²) in [5, 5.41) is 3.66. The monoisotopic (exact) mass is 379 g/mol. The Balaban J connectivity index is 1.52. The highest BCUT2D eigenvalue weighted by Gasteiger charge is 2.51. The van der Waals surface area contributed by atoms with Crippen LogP contribution in [-0.2, 0) is 11.2 Å². The predicted octanol–water partition coefficient (Wildman–Crippen LogP) is 6.44. The van der Waals surface area contributed by atoms with Crippen LogP contribution in [-0.4, -0.2) is 11.3 Å². The van der Waals surface area contributed by atoms with Gasteiger partial charge in [-0.25, -0.2) is 0 Å². The van der Waals surface area contributed by atoms with Crippen LogP contribution in [0.2, 0.25) is 0 Å². The van der Waals surface area contributed by atoms with Crippen molar-refractivity contribution in [2.24, 2.45) is 10.8 Å². The van der Waals surface area contributed by atoms with E-state index in [-0.39, 0.29) is 11.0 Å². The van der Waals surface area contributed by atoms with Crippen molar-refractivity contribution >= 4 is 11.5 Å². The van der Waals surface area contributed by atoms with E-state index in [1.807, 2.05) is 6.08 Å². The van der Waals surface area contributed by atoms with Gasteiger partial charge in [-0.2, -0.15) is 0 Å². The first-order valence-corrected chi connectivity index (χ1v) is 11.5. The lowest BCUT2D eigenvalue weighted by atomic mass is 9.51. The Labute approximate surface area is 171 Å². The first-order valence-electron chi connectivity index (χ1n) is 11.5. The van der Waals surface area contributed by atoms with E-state index >= 15 is 0 Å². The molecule has 4 aliphatic rings. The molecule has 1 heterocycles. The summed E-state index contributed by atoms with van der Waals surface area (Å²) in [6.45, 7) is 6.74. The third kappa shape index (κ3) is 3.67. The summed E-state index contributed by atoms with van der Waals surface area (Å²) in [6.07, 6.45) is 15.5. The molecule has 3 aliphatic carbocycles. The Bertz CT molecular complexity index is 748. The van der Waals surface area contributed by atoms with E-state index in [9.17, 15) is 4.79 Å². The summed E-state index contributed by atoms with van der Waals surface area (Å²) < 4.78 is 0. The maximum atomic E-state index is 13.5. The van der Waals surface area contributed by atoms with E-state index in [2.05, 4.69) is 50.4 Å². The third-order valence-corrected chi connectivity index (χ3v) is 7.92. The summed E-state index contributed by atoms with van der Waals surface area (Å²) in [6, 6.07) is 8.56. The molecule has 1 aromatic rings. The SMILES string of the molecule is CCCCCC12CCC(C(=O)/C=C3\NC(C)(C)Cc4ccccc43)(CC1)CC2. The standard InChI is InChI=1S/C26H37NO/c1-4-5-8-11-25-12-15-26(16-13-25,17-14-25)23(28)18-22-21-10-7-6-9-20(21)19-24(2,3)27-22/h6-7,9-10,18,27H,4-5,8,11-17,19H2,1-3H3/b22-18-. The van der Waals surface area contributed by atoms with Gasteiger partial charge in [0.05, 0.1) is 0 Å². The second kappa shape index (κ2) is 7.35. The highest BCUT2D eigenvalue weighted by Crippen LogP contribution is 2.59. The van der Waals surface area contributed by atoms with Gasteiger partial charge in [-0.05, 0) is 76.2 Å². The van der Waals surface area contributed by atoms with Gasteiger partial charge in [-0.15, -0.1) is 0 Å². The number of rotatable bonds is 6. The molecule has 2 nitrogen and oxygen atoms in total. The molecule has 5 rings (SSSR count). The largest absolute Gasteiger partial charge is 0.379 e. The maximum absolute atomic E-state index is 13.5. The second-order valence-electron chi connectivity index (χ2n) is 10.5. The Hall–Kier alpha value is -1.57. The van der Waals surface area contributed by atoms with Crippen LogP contribution in [0, 0.1) is 10.8 Å². The van der Waals surface area contributed by atoms with Crippen LogP contribution in [0.4, 0.5) is 0 Å². The van der Waals surface area contributed by atoms with Gasteiger partial charge in [0, 0.05) is 28.3 Å². The average molecular weight is 380 g/mol. The molecule has 0 spiro atoms. The number of fused-ring (bicyclic) bond motifs is 4. The van der Waals surface area contributed by atoms with Crippen LogP contribution < -0.4 is 5.32 Å². The van der Waals surface area contributed by atoms with E-state index in [1.54, 1.807) is 0 Å². The number of carbonyl (C=O) groups excluding carboxylic acids is 1. The number of unbranched alkanes of at least 4 members (excludes halogenated alkanes) is 2. The normalized spacial score (nSPS) is 32.0. The van der Waals surface area contributed by atoms with Crippen molar-refractivity contribution in [3.05, 3.63) is 41.5 Å². The fraction of sp³-hybridized carbons (Fsp3) is 0.654. The van der Waals surface area contributed by atoms with Gasteiger partial charge in [0.25, 0.3) is 0 Å². The van der Waals surface area contributed by atoms with Crippen molar-refractivity contribution in [2.75, 3.05) is 0 Å². The Morgan fingerprint density at radius 2 is 1.71 bits per heavy atom. The summed E-state index contributed by atoms with van der Waals surface area (Å²) >= 11 is 0. The number of hydrogen-bond donors (Lipinski definition) is 1. The molecule has 28 heavy (non-hydrogen) atoms. The lowest BCUT2D eigenvalue weighted by molar-refractivity contribution is -0.133. The molecule has 0 amide bonds.